The maximum atomic E-state index is 14.6. The number of pyridine rings is 2. The van der Waals surface area contributed by atoms with Crippen molar-refractivity contribution in [2.75, 3.05) is 40.0 Å². The van der Waals surface area contributed by atoms with E-state index in [1.54, 1.807) is 19.2 Å². The zero-order valence-corrected chi connectivity index (χ0v) is 19.4. The molecule has 1 unspecified atom stereocenters. The summed E-state index contributed by atoms with van der Waals surface area (Å²) >= 11 is 0. The van der Waals surface area contributed by atoms with Crippen molar-refractivity contribution in [3.8, 4) is 17.4 Å². The topological polar surface area (TPSA) is 76.9 Å². The van der Waals surface area contributed by atoms with Gasteiger partial charge in [0.2, 0.25) is 5.88 Å². The number of likely N-dealkylation sites (tertiary alicyclic amines) is 1. The van der Waals surface area contributed by atoms with Gasteiger partial charge in [-0.2, -0.15) is 0 Å². The second-order valence-corrected chi connectivity index (χ2v) is 8.98. The summed E-state index contributed by atoms with van der Waals surface area (Å²) in [5.74, 6) is 1.89. The Morgan fingerprint density at radius 2 is 1.94 bits per heavy atom. The number of aromatic nitrogens is 2. The molecule has 1 N–H and O–H groups in total. The highest BCUT2D eigenvalue weighted by atomic mass is 19.1. The number of benzene rings is 1. The van der Waals surface area contributed by atoms with Crippen LogP contribution in [-0.2, 0) is 12.8 Å². The van der Waals surface area contributed by atoms with Crippen molar-refractivity contribution in [3.63, 3.8) is 0 Å². The Bertz CT molecular complexity index is 1150. The Morgan fingerprint density at radius 3 is 2.74 bits per heavy atom. The predicted octanol–water partition coefficient (Wildman–Crippen LogP) is 3.41. The Balaban J connectivity index is 1.16. The van der Waals surface area contributed by atoms with Crippen LogP contribution < -0.4 is 14.2 Å². The number of aliphatic hydroxyl groups excluding tert-OH is 1. The van der Waals surface area contributed by atoms with E-state index in [1.807, 2.05) is 18.2 Å². The first-order chi connectivity index (χ1) is 16.6. The van der Waals surface area contributed by atoms with Crippen LogP contribution in [0.15, 0.2) is 36.5 Å². The number of ether oxygens (including phenoxy) is 3. The van der Waals surface area contributed by atoms with Gasteiger partial charge in [-0.1, -0.05) is 6.07 Å². The van der Waals surface area contributed by atoms with Crippen molar-refractivity contribution >= 4 is 11.0 Å². The molecule has 0 spiro atoms. The third-order valence-electron chi connectivity index (χ3n) is 6.85. The summed E-state index contributed by atoms with van der Waals surface area (Å²) < 4.78 is 31.0. The minimum Gasteiger partial charge on any atom is -0.486 e. The Labute approximate surface area is 198 Å². The van der Waals surface area contributed by atoms with E-state index < -0.39 is 6.10 Å². The molecule has 7 nitrogen and oxygen atoms in total. The van der Waals surface area contributed by atoms with Gasteiger partial charge in [-0.3, -0.25) is 4.98 Å². The van der Waals surface area contributed by atoms with E-state index in [-0.39, 0.29) is 11.7 Å². The van der Waals surface area contributed by atoms with E-state index in [4.69, 9.17) is 14.2 Å². The molecule has 1 aromatic carbocycles. The highest BCUT2D eigenvalue weighted by Crippen LogP contribution is 2.32. The van der Waals surface area contributed by atoms with E-state index in [1.165, 1.54) is 6.20 Å². The summed E-state index contributed by atoms with van der Waals surface area (Å²) in [6.45, 7) is 3.62. The lowest BCUT2D eigenvalue weighted by molar-refractivity contribution is 0.0599. The molecule has 0 bridgehead atoms. The lowest BCUT2D eigenvalue weighted by Gasteiger charge is -2.34. The summed E-state index contributed by atoms with van der Waals surface area (Å²) in [6, 6.07) is 9.44. The van der Waals surface area contributed by atoms with Gasteiger partial charge in [-0.15, -0.1) is 0 Å². The number of nitrogens with zero attached hydrogens (tertiary/aromatic N) is 3. The number of methoxy groups -OCH3 is 1. The maximum Gasteiger partial charge on any atom is 0.213 e. The molecule has 2 aliphatic rings. The number of hydrogen-bond donors (Lipinski definition) is 1. The summed E-state index contributed by atoms with van der Waals surface area (Å²) in [7, 11) is 1.55. The van der Waals surface area contributed by atoms with Gasteiger partial charge < -0.3 is 24.2 Å². The molecular formula is C26H30FN3O4. The summed E-state index contributed by atoms with van der Waals surface area (Å²) in [5, 5.41) is 10.9. The second kappa shape index (κ2) is 10.1. The average Bonchev–Trinajstić information content (AvgIpc) is 2.88. The van der Waals surface area contributed by atoms with E-state index in [0.717, 1.165) is 49.5 Å². The van der Waals surface area contributed by atoms with Crippen LogP contribution in [0.1, 0.15) is 24.0 Å². The lowest BCUT2D eigenvalue weighted by atomic mass is 9.87. The molecule has 34 heavy (non-hydrogen) atoms. The van der Waals surface area contributed by atoms with Gasteiger partial charge in [0.25, 0.3) is 0 Å². The summed E-state index contributed by atoms with van der Waals surface area (Å²) in [6.07, 6.45) is 3.85. The van der Waals surface area contributed by atoms with Crippen LogP contribution in [0.25, 0.3) is 11.0 Å². The molecule has 2 aliphatic heterocycles. The van der Waals surface area contributed by atoms with Gasteiger partial charge in [0.1, 0.15) is 19.0 Å². The molecule has 1 atom stereocenters. The zero-order valence-electron chi connectivity index (χ0n) is 19.4. The van der Waals surface area contributed by atoms with Gasteiger partial charge in [0.15, 0.2) is 11.5 Å². The van der Waals surface area contributed by atoms with Gasteiger partial charge in [-0.05, 0) is 68.5 Å². The monoisotopic (exact) mass is 467 g/mol. The first kappa shape index (κ1) is 22.8. The van der Waals surface area contributed by atoms with E-state index in [2.05, 4.69) is 14.9 Å². The van der Waals surface area contributed by atoms with Crippen LogP contribution >= 0.6 is 0 Å². The lowest BCUT2D eigenvalue weighted by Crippen LogP contribution is -2.39. The fourth-order valence-electron chi connectivity index (χ4n) is 4.88. The second-order valence-electron chi connectivity index (χ2n) is 8.98. The molecule has 0 aliphatic carbocycles. The number of hydrogen-bond acceptors (Lipinski definition) is 7. The highest BCUT2D eigenvalue weighted by Gasteiger charge is 2.26. The van der Waals surface area contributed by atoms with Crippen molar-refractivity contribution in [2.24, 2.45) is 5.92 Å². The predicted molar refractivity (Wildman–Crippen MR) is 126 cm³/mol. The Hall–Kier alpha value is -2.97. The highest BCUT2D eigenvalue weighted by molar-refractivity contribution is 5.78. The third kappa shape index (κ3) is 4.93. The summed E-state index contributed by atoms with van der Waals surface area (Å²) in [4.78, 5) is 10.9. The molecule has 5 rings (SSSR count). The van der Waals surface area contributed by atoms with Crippen molar-refractivity contribution in [2.45, 2.75) is 31.8 Å². The first-order valence-corrected chi connectivity index (χ1v) is 11.9. The number of piperidine rings is 1. The summed E-state index contributed by atoms with van der Waals surface area (Å²) in [5.41, 5.74) is 2.86. The molecule has 1 saturated heterocycles. The number of fused-ring (bicyclic) bond motifs is 2. The van der Waals surface area contributed by atoms with Crippen LogP contribution in [0.4, 0.5) is 4.39 Å². The molecule has 4 heterocycles. The number of aliphatic hydroxyl groups is 1. The smallest absolute Gasteiger partial charge is 0.213 e. The molecular weight excluding hydrogens is 437 g/mol. The van der Waals surface area contributed by atoms with Crippen LogP contribution in [-0.4, -0.2) is 66.0 Å². The normalized spacial score (nSPS) is 17.6. The first-order valence-electron chi connectivity index (χ1n) is 11.9. The molecule has 3 aromatic rings. The molecule has 180 valence electrons. The Morgan fingerprint density at radius 1 is 1.15 bits per heavy atom. The minimum absolute atomic E-state index is 0.244. The van der Waals surface area contributed by atoms with Crippen LogP contribution in [0.2, 0.25) is 0 Å². The molecule has 0 saturated carbocycles. The van der Waals surface area contributed by atoms with Crippen molar-refractivity contribution < 1.29 is 23.7 Å². The van der Waals surface area contributed by atoms with Crippen LogP contribution in [0.5, 0.6) is 17.4 Å². The Kier molecular flexibility index (Phi) is 6.78. The largest absolute Gasteiger partial charge is 0.486 e. The van der Waals surface area contributed by atoms with E-state index in [9.17, 15) is 9.50 Å². The van der Waals surface area contributed by atoms with Crippen molar-refractivity contribution in [3.05, 3.63) is 53.5 Å². The number of rotatable bonds is 7. The van der Waals surface area contributed by atoms with Crippen molar-refractivity contribution in [1.29, 1.82) is 0 Å². The standard InChI is InChI=1S/C26H30FN3O4/c1-32-25-5-3-21-26(29-25)19(20(27)16-28-21)8-11-30-9-6-18(7-10-30)22(31)14-17-2-4-23-24(15-17)34-13-12-33-23/h2-5,15-16,18,22,31H,6-14H2,1H3. The third-order valence-corrected chi connectivity index (χ3v) is 6.85. The van der Waals surface area contributed by atoms with Gasteiger partial charge in [0.05, 0.1) is 30.4 Å². The fourth-order valence-corrected chi connectivity index (χ4v) is 4.88. The van der Waals surface area contributed by atoms with Crippen molar-refractivity contribution in [1.82, 2.24) is 14.9 Å². The molecule has 2 aromatic heterocycles. The van der Waals surface area contributed by atoms with E-state index >= 15 is 0 Å². The van der Waals surface area contributed by atoms with E-state index in [0.29, 0.717) is 48.5 Å². The molecule has 1 fully saturated rings. The fraction of sp³-hybridized carbons (Fsp3) is 0.462. The van der Waals surface area contributed by atoms with Gasteiger partial charge in [0, 0.05) is 18.2 Å². The quantitative estimate of drug-likeness (QED) is 0.571. The zero-order chi connectivity index (χ0) is 23.5. The number of halogens is 1. The molecule has 8 heteroatoms. The van der Waals surface area contributed by atoms with Gasteiger partial charge in [-0.25, -0.2) is 9.37 Å². The van der Waals surface area contributed by atoms with Gasteiger partial charge >= 0.3 is 0 Å². The minimum atomic E-state index is -0.400. The maximum absolute atomic E-state index is 14.6. The van der Waals surface area contributed by atoms with Crippen LogP contribution in [0, 0.1) is 11.7 Å². The molecule has 0 amide bonds. The SMILES string of the molecule is COc1ccc2ncc(F)c(CCN3CCC(C(O)Cc4ccc5c(c4)OCCO5)CC3)c2n1. The average molecular weight is 468 g/mol. The molecule has 0 radical (unpaired) electrons. The van der Waals surface area contributed by atoms with Crippen LogP contribution in [0.3, 0.4) is 0 Å².